The van der Waals surface area contributed by atoms with Gasteiger partial charge in [-0.15, -0.1) is 0 Å². The Morgan fingerprint density at radius 3 is 2.20 bits per heavy atom. The van der Waals surface area contributed by atoms with Gasteiger partial charge < -0.3 is 4.90 Å². The number of rotatable bonds is 3. The molecule has 1 aliphatic carbocycles. The molecule has 174 valence electrons. The summed E-state index contributed by atoms with van der Waals surface area (Å²) >= 11 is 0. The van der Waals surface area contributed by atoms with Crippen LogP contribution in [-0.2, 0) is 0 Å². The maximum Gasteiger partial charge on any atom is 0.204 e. The Balaban J connectivity index is -0.000000984. The van der Waals surface area contributed by atoms with Crippen LogP contribution in [0.5, 0.6) is 0 Å². The van der Waals surface area contributed by atoms with E-state index in [-0.39, 0.29) is 33.5 Å². The second kappa shape index (κ2) is 15.9. The first kappa shape index (κ1) is 32.8. The van der Waals surface area contributed by atoms with Crippen LogP contribution < -0.4 is 0 Å². The van der Waals surface area contributed by atoms with Gasteiger partial charge >= 0.3 is 0 Å². The summed E-state index contributed by atoms with van der Waals surface area (Å²) in [4.78, 5) is 18.7. The summed E-state index contributed by atoms with van der Waals surface area (Å²) in [6.45, 7) is 12.7. The molecule has 1 saturated carbocycles. The highest BCUT2D eigenvalue weighted by molar-refractivity contribution is 6.03. The van der Waals surface area contributed by atoms with E-state index in [0.717, 1.165) is 5.92 Å². The van der Waals surface area contributed by atoms with Crippen molar-refractivity contribution in [3.8, 4) is 0 Å². The summed E-state index contributed by atoms with van der Waals surface area (Å²) in [5.41, 5.74) is 2.02. The van der Waals surface area contributed by atoms with Crippen molar-refractivity contribution < 1.29 is 4.79 Å². The Morgan fingerprint density at radius 1 is 1.07 bits per heavy atom. The molecule has 0 amide bonds. The number of pyridine rings is 1. The summed E-state index contributed by atoms with van der Waals surface area (Å²) < 4.78 is 0. The zero-order valence-electron chi connectivity index (χ0n) is 18.3. The van der Waals surface area contributed by atoms with Gasteiger partial charge in [-0.2, -0.15) is 0 Å². The van der Waals surface area contributed by atoms with Crippen molar-refractivity contribution in [3.05, 3.63) is 54.0 Å². The van der Waals surface area contributed by atoms with E-state index >= 15 is 0 Å². The standard InChI is InChI=1S/C20H26N2O.2C2H6.3CH4/c1-20(2)15-9-4-5-11-17(15)22(3)19(20)13-8-12-18(23)16-10-6-7-14-21-16;2*1-2;;;/h6-8,10,12-15,17H,4-5,9,11H2,1-3H3;2*1-2H3;3*1H4/b12-8+,19-13-;;;;;. The summed E-state index contributed by atoms with van der Waals surface area (Å²) in [6.07, 6.45) is 12.6. The molecular weight excluding hydrogens is 368 g/mol. The van der Waals surface area contributed by atoms with Crippen LogP contribution in [0.25, 0.3) is 0 Å². The molecule has 0 N–H and O–H groups in total. The molecule has 0 radical (unpaired) electrons. The van der Waals surface area contributed by atoms with Crippen molar-refractivity contribution >= 4 is 5.78 Å². The topological polar surface area (TPSA) is 33.2 Å². The van der Waals surface area contributed by atoms with Gasteiger partial charge in [0.15, 0.2) is 0 Å². The first-order chi connectivity index (χ1) is 13.0. The maximum atomic E-state index is 12.1. The molecule has 1 aromatic rings. The van der Waals surface area contributed by atoms with Gasteiger partial charge in [0, 0.05) is 30.4 Å². The highest BCUT2D eigenvalue weighted by Crippen LogP contribution is 2.52. The number of hydrogen-bond acceptors (Lipinski definition) is 3. The smallest absolute Gasteiger partial charge is 0.204 e. The number of allylic oxidation sites excluding steroid dienone is 4. The monoisotopic (exact) mass is 418 g/mol. The van der Waals surface area contributed by atoms with Gasteiger partial charge in [-0.05, 0) is 43.0 Å². The molecule has 2 unspecified atom stereocenters. The van der Waals surface area contributed by atoms with Gasteiger partial charge in [0.2, 0.25) is 5.78 Å². The van der Waals surface area contributed by atoms with E-state index in [9.17, 15) is 4.79 Å². The fourth-order valence-electron chi connectivity index (χ4n) is 4.39. The van der Waals surface area contributed by atoms with Crippen LogP contribution in [0, 0.1) is 11.3 Å². The van der Waals surface area contributed by atoms with Crippen molar-refractivity contribution in [2.45, 2.75) is 95.5 Å². The lowest BCUT2D eigenvalue weighted by atomic mass is 9.71. The van der Waals surface area contributed by atoms with Crippen LogP contribution in [0.4, 0.5) is 0 Å². The summed E-state index contributed by atoms with van der Waals surface area (Å²) in [6, 6.07) is 6.07. The predicted octanol–water partition coefficient (Wildman–Crippen LogP) is 8.20. The van der Waals surface area contributed by atoms with Gasteiger partial charge in [-0.1, -0.05) is 88.8 Å². The summed E-state index contributed by atoms with van der Waals surface area (Å²) in [5, 5.41) is 0. The molecule has 0 aromatic carbocycles. The minimum absolute atomic E-state index is 0. The highest BCUT2D eigenvalue weighted by atomic mass is 16.1. The van der Waals surface area contributed by atoms with Crippen molar-refractivity contribution in [1.82, 2.24) is 9.88 Å². The maximum absolute atomic E-state index is 12.1. The number of ketones is 1. The molecule has 3 rings (SSSR count). The zero-order valence-corrected chi connectivity index (χ0v) is 18.3. The van der Waals surface area contributed by atoms with Crippen molar-refractivity contribution in [2.75, 3.05) is 7.05 Å². The number of hydrogen-bond donors (Lipinski definition) is 0. The van der Waals surface area contributed by atoms with E-state index < -0.39 is 0 Å². The van der Waals surface area contributed by atoms with Gasteiger partial charge in [0.25, 0.3) is 0 Å². The molecule has 3 nitrogen and oxygen atoms in total. The molecule has 0 spiro atoms. The van der Waals surface area contributed by atoms with Crippen LogP contribution in [0.1, 0.15) is 100.0 Å². The Bertz CT molecular complexity index is 632. The lowest BCUT2D eigenvalue weighted by Crippen LogP contribution is -2.32. The fraction of sp³-hybridized carbons (Fsp3) is 0.630. The largest absolute Gasteiger partial charge is 0.374 e. The minimum atomic E-state index is -0.0432. The van der Waals surface area contributed by atoms with Gasteiger partial charge in [-0.3, -0.25) is 9.78 Å². The van der Waals surface area contributed by atoms with E-state index in [1.807, 2.05) is 45.9 Å². The van der Waals surface area contributed by atoms with Crippen molar-refractivity contribution in [1.29, 1.82) is 0 Å². The molecule has 2 fully saturated rings. The number of fused-ring (bicyclic) bond motifs is 1. The quantitative estimate of drug-likeness (QED) is 0.366. The zero-order chi connectivity index (χ0) is 20.4. The minimum Gasteiger partial charge on any atom is -0.374 e. The van der Waals surface area contributed by atoms with E-state index in [0.29, 0.717) is 11.7 Å². The predicted molar refractivity (Wildman–Crippen MR) is 136 cm³/mol. The summed E-state index contributed by atoms with van der Waals surface area (Å²) in [5.74, 6) is 0.686. The van der Waals surface area contributed by atoms with Gasteiger partial charge in [0.1, 0.15) is 5.69 Å². The Hall–Kier alpha value is -1.90. The number of carbonyl (C=O) groups excluding carboxylic acids is 1. The number of aromatic nitrogens is 1. The summed E-state index contributed by atoms with van der Waals surface area (Å²) in [7, 11) is 2.21. The molecule has 2 atom stereocenters. The lowest BCUT2D eigenvalue weighted by molar-refractivity contribution is 0.104. The first-order valence-electron chi connectivity index (χ1n) is 10.6. The molecule has 30 heavy (non-hydrogen) atoms. The second-order valence-electron chi connectivity index (χ2n) is 7.28. The van der Waals surface area contributed by atoms with E-state index in [4.69, 9.17) is 0 Å². The molecular formula is C27H50N2O. The molecule has 3 heteroatoms. The van der Waals surface area contributed by atoms with Crippen molar-refractivity contribution in [2.24, 2.45) is 11.3 Å². The van der Waals surface area contributed by atoms with E-state index in [1.54, 1.807) is 18.3 Å². The third-order valence-electron chi connectivity index (χ3n) is 5.61. The second-order valence-corrected chi connectivity index (χ2v) is 7.28. The van der Waals surface area contributed by atoms with Crippen LogP contribution >= 0.6 is 0 Å². The van der Waals surface area contributed by atoms with Crippen LogP contribution in [-0.4, -0.2) is 28.8 Å². The van der Waals surface area contributed by atoms with Gasteiger partial charge in [-0.25, -0.2) is 0 Å². The highest BCUT2D eigenvalue weighted by Gasteiger charge is 2.48. The molecule has 2 aliphatic rings. The van der Waals surface area contributed by atoms with Crippen molar-refractivity contribution in [3.63, 3.8) is 0 Å². The molecule has 1 saturated heterocycles. The number of likely N-dealkylation sites (tertiary alicyclic amines) is 1. The third kappa shape index (κ3) is 7.41. The molecule has 2 heterocycles. The van der Waals surface area contributed by atoms with E-state index in [1.165, 1.54) is 31.4 Å². The Morgan fingerprint density at radius 2 is 1.67 bits per heavy atom. The first-order valence-corrected chi connectivity index (χ1v) is 10.6. The van der Waals surface area contributed by atoms with Crippen LogP contribution in [0.3, 0.4) is 0 Å². The average Bonchev–Trinajstić information content (AvgIpc) is 2.92. The molecule has 0 bridgehead atoms. The normalized spacial score (nSPS) is 22.1. The molecule has 1 aromatic heterocycles. The lowest BCUT2D eigenvalue weighted by Gasteiger charge is -2.33. The van der Waals surface area contributed by atoms with E-state index in [2.05, 4.69) is 36.9 Å². The SMILES string of the molecule is C.C.C.CC.CC.CN1/C(=C\C=C\C(=O)c2ccccn2)C(C)(C)C2CCCCC21. The Labute approximate surface area is 188 Å². The van der Waals surface area contributed by atoms with Crippen LogP contribution in [0.2, 0.25) is 0 Å². The third-order valence-corrected chi connectivity index (χ3v) is 5.61. The Kier molecular flexibility index (Phi) is 17.3. The number of carbonyl (C=O) groups is 1. The van der Waals surface area contributed by atoms with Gasteiger partial charge in [0.05, 0.1) is 0 Å². The fourth-order valence-corrected chi connectivity index (χ4v) is 4.39. The number of nitrogens with zero attached hydrogens (tertiary/aromatic N) is 2. The molecule has 1 aliphatic heterocycles. The average molecular weight is 419 g/mol. The van der Waals surface area contributed by atoms with Crippen LogP contribution in [0.15, 0.2) is 48.3 Å².